The van der Waals surface area contributed by atoms with Crippen LogP contribution in [0.4, 0.5) is 11.4 Å². The standard InChI is InChI=1S/C13H10N4O/c18-13-4-2-1-3-12(13)17-15-10-5-6-11-9(7-10)8-14-16-11/h1-8,18H,(H,14,16). The van der Waals surface area contributed by atoms with Crippen molar-refractivity contribution in [3.63, 3.8) is 0 Å². The van der Waals surface area contributed by atoms with E-state index in [0.717, 1.165) is 10.9 Å². The molecule has 0 amide bonds. The predicted octanol–water partition coefficient (Wildman–Crippen LogP) is 3.68. The van der Waals surface area contributed by atoms with Crippen molar-refractivity contribution < 1.29 is 5.11 Å². The average Bonchev–Trinajstić information content (AvgIpc) is 2.85. The van der Waals surface area contributed by atoms with Crippen molar-refractivity contribution in [2.24, 2.45) is 10.2 Å². The van der Waals surface area contributed by atoms with Gasteiger partial charge in [-0.1, -0.05) is 12.1 Å². The van der Waals surface area contributed by atoms with E-state index in [0.29, 0.717) is 11.4 Å². The van der Waals surface area contributed by atoms with Crippen molar-refractivity contribution in [1.29, 1.82) is 0 Å². The SMILES string of the molecule is Oc1ccccc1N=Nc1ccc2[nH]ncc2c1. The van der Waals surface area contributed by atoms with E-state index >= 15 is 0 Å². The number of azo groups is 1. The Kier molecular flexibility index (Phi) is 2.49. The second-order valence-corrected chi connectivity index (χ2v) is 3.83. The van der Waals surface area contributed by atoms with Crippen LogP contribution >= 0.6 is 0 Å². The summed E-state index contributed by atoms with van der Waals surface area (Å²) >= 11 is 0. The lowest BCUT2D eigenvalue weighted by Crippen LogP contribution is -1.69. The Morgan fingerprint density at radius 2 is 1.94 bits per heavy atom. The minimum absolute atomic E-state index is 0.116. The normalized spacial score (nSPS) is 11.3. The molecule has 3 aromatic rings. The van der Waals surface area contributed by atoms with Crippen LogP contribution in [0.5, 0.6) is 5.75 Å². The molecule has 0 radical (unpaired) electrons. The molecule has 5 heteroatoms. The van der Waals surface area contributed by atoms with Gasteiger partial charge in [0.25, 0.3) is 0 Å². The van der Waals surface area contributed by atoms with E-state index in [9.17, 15) is 5.11 Å². The van der Waals surface area contributed by atoms with Crippen molar-refractivity contribution in [3.8, 4) is 5.75 Å². The third-order valence-corrected chi connectivity index (χ3v) is 2.58. The van der Waals surface area contributed by atoms with Crippen LogP contribution in [-0.4, -0.2) is 15.3 Å². The molecule has 0 bridgehead atoms. The molecule has 2 N–H and O–H groups in total. The summed E-state index contributed by atoms with van der Waals surface area (Å²) < 4.78 is 0. The van der Waals surface area contributed by atoms with Crippen LogP contribution in [-0.2, 0) is 0 Å². The summed E-state index contributed by atoms with van der Waals surface area (Å²) in [5.74, 6) is 0.116. The lowest BCUT2D eigenvalue weighted by Gasteiger charge is -1.96. The van der Waals surface area contributed by atoms with Crippen LogP contribution in [0.15, 0.2) is 58.9 Å². The largest absolute Gasteiger partial charge is 0.506 e. The summed E-state index contributed by atoms with van der Waals surface area (Å²) in [4.78, 5) is 0. The Morgan fingerprint density at radius 1 is 1.06 bits per heavy atom. The zero-order valence-corrected chi connectivity index (χ0v) is 9.41. The Labute approximate surface area is 103 Å². The number of aromatic amines is 1. The monoisotopic (exact) mass is 238 g/mol. The van der Waals surface area contributed by atoms with Gasteiger partial charge in [0, 0.05) is 5.39 Å². The third kappa shape index (κ3) is 1.93. The summed E-state index contributed by atoms with van der Waals surface area (Å²) in [6, 6.07) is 12.4. The number of phenolic OH excluding ortho intramolecular Hbond substituents is 1. The molecule has 18 heavy (non-hydrogen) atoms. The quantitative estimate of drug-likeness (QED) is 0.668. The number of aromatic hydroxyl groups is 1. The summed E-state index contributed by atoms with van der Waals surface area (Å²) in [6.45, 7) is 0. The fourth-order valence-corrected chi connectivity index (χ4v) is 1.65. The molecule has 0 atom stereocenters. The zero-order chi connectivity index (χ0) is 12.4. The number of aromatic nitrogens is 2. The van der Waals surface area contributed by atoms with Gasteiger partial charge in [-0.15, -0.1) is 5.11 Å². The maximum absolute atomic E-state index is 9.56. The number of hydrogen-bond acceptors (Lipinski definition) is 4. The number of rotatable bonds is 2. The summed E-state index contributed by atoms with van der Waals surface area (Å²) in [7, 11) is 0. The molecule has 1 heterocycles. The molecule has 1 aromatic heterocycles. The summed E-state index contributed by atoms with van der Waals surface area (Å²) in [6.07, 6.45) is 1.73. The van der Waals surface area contributed by atoms with E-state index in [-0.39, 0.29) is 5.75 Å². The van der Waals surface area contributed by atoms with Crippen molar-refractivity contribution in [2.45, 2.75) is 0 Å². The highest BCUT2D eigenvalue weighted by molar-refractivity contribution is 5.80. The minimum atomic E-state index is 0.116. The van der Waals surface area contributed by atoms with E-state index in [1.807, 2.05) is 18.2 Å². The van der Waals surface area contributed by atoms with Crippen LogP contribution in [0.2, 0.25) is 0 Å². The summed E-state index contributed by atoms with van der Waals surface area (Å²) in [5, 5.41) is 25.4. The molecule has 0 aliphatic rings. The topological polar surface area (TPSA) is 73.6 Å². The number of nitrogens with zero attached hydrogens (tertiary/aromatic N) is 3. The Balaban J connectivity index is 1.94. The van der Waals surface area contributed by atoms with Gasteiger partial charge < -0.3 is 5.11 Å². The van der Waals surface area contributed by atoms with Gasteiger partial charge in [0.05, 0.1) is 17.4 Å². The molecular weight excluding hydrogens is 228 g/mol. The second kappa shape index (κ2) is 4.29. The van der Waals surface area contributed by atoms with Gasteiger partial charge in [0.15, 0.2) is 0 Å². The van der Waals surface area contributed by atoms with E-state index in [4.69, 9.17) is 0 Å². The van der Waals surface area contributed by atoms with Crippen molar-refractivity contribution in [3.05, 3.63) is 48.7 Å². The number of phenols is 1. The predicted molar refractivity (Wildman–Crippen MR) is 68.4 cm³/mol. The molecule has 0 aliphatic heterocycles. The molecule has 0 aliphatic carbocycles. The molecule has 0 fully saturated rings. The second-order valence-electron chi connectivity index (χ2n) is 3.83. The number of hydrogen-bond donors (Lipinski definition) is 2. The zero-order valence-electron chi connectivity index (χ0n) is 9.41. The third-order valence-electron chi connectivity index (χ3n) is 2.58. The van der Waals surface area contributed by atoms with E-state index in [1.54, 1.807) is 30.5 Å². The Hall–Kier alpha value is -2.69. The van der Waals surface area contributed by atoms with Crippen molar-refractivity contribution in [2.75, 3.05) is 0 Å². The van der Waals surface area contributed by atoms with Gasteiger partial charge in [-0.25, -0.2) is 0 Å². The van der Waals surface area contributed by atoms with Gasteiger partial charge in [-0.3, -0.25) is 5.10 Å². The van der Waals surface area contributed by atoms with Gasteiger partial charge in [0.2, 0.25) is 0 Å². The first-order valence-corrected chi connectivity index (χ1v) is 5.46. The lowest BCUT2D eigenvalue weighted by atomic mass is 10.2. The molecule has 5 nitrogen and oxygen atoms in total. The first-order chi connectivity index (χ1) is 8.83. The first kappa shape index (κ1) is 10.5. The maximum atomic E-state index is 9.56. The molecular formula is C13H10N4O. The smallest absolute Gasteiger partial charge is 0.143 e. The van der Waals surface area contributed by atoms with Crippen molar-refractivity contribution >= 4 is 22.3 Å². The van der Waals surface area contributed by atoms with Gasteiger partial charge in [0.1, 0.15) is 11.4 Å². The number of benzene rings is 2. The molecule has 3 rings (SSSR count). The van der Waals surface area contributed by atoms with Crippen molar-refractivity contribution in [1.82, 2.24) is 10.2 Å². The highest BCUT2D eigenvalue weighted by Gasteiger charge is 1.99. The van der Waals surface area contributed by atoms with E-state index in [2.05, 4.69) is 20.4 Å². The fraction of sp³-hybridized carbons (Fsp3) is 0. The highest BCUT2D eigenvalue weighted by atomic mass is 16.3. The Morgan fingerprint density at radius 3 is 2.83 bits per heavy atom. The van der Waals surface area contributed by atoms with Crippen LogP contribution < -0.4 is 0 Å². The van der Waals surface area contributed by atoms with Crippen LogP contribution in [0.3, 0.4) is 0 Å². The lowest BCUT2D eigenvalue weighted by molar-refractivity contribution is 0.476. The first-order valence-electron chi connectivity index (χ1n) is 5.46. The number of H-pyrrole nitrogens is 1. The highest BCUT2D eigenvalue weighted by Crippen LogP contribution is 2.27. The van der Waals surface area contributed by atoms with Crippen LogP contribution in [0, 0.1) is 0 Å². The van der Waals surface area contributed by atoms with E-state index in [1.165, 1.54) is 0 Å². The number of para-hydroxylation sites is 1. The van der Waals surface area contributed by atoms with Crippen LogP contribution in [0.1, 0.15) is 0 Å². The molecule has 0 saturated heterocycles. The maximum Gasteiger partial charge on any atom is 0.143 e. The molecule has 88 valence electrons. The summed E-state index contributed by atoms with van der Waals surface area (Å²) in [5.41, 5.74) is 2.12. The van der Waals surface area contributed by atoms with Gasteiger partial charge in [-0.2, -0.15) is 10.2 Å². The molecule has 0 unspecified atom stereocenters. The average molecular weight is 238 g/mol. The molecule has 0 saturated carbocycles. The van der Waals surface area contributed by atoms with Gasteiger partial charge >= 0.3 is 0 Å². The van der Waals surface area contributed by atoms with Gasteiger partial charge in [-0.05, 0) is 30.3 Å². The molecule has 2 aromatic carbocycles. The fourth-order valence-electron chi connectivity index (χ4n) is 1.65. The number of fused-ring (bicyclic) bond motifs is 1. The minimum Gasteiger partial charge on any atom is -0.506 e. The Bertz CT molecular complexity index is 718. The van der Waals surface area contributed by atoms with Crippen LogP contribution in [0.25, 0.3) is 10.9 Å². The van der Waals surface area contributed by atoms with E-state index < -0.39 is 0 Å². The number of nitrogens with one attached hydrogen (secondary N) is 1. The molecule has 0 spiro atoms.